The maximum Gasteiger partial charge on any atom is 0.253 e. The molecule has 34 heavy (non-hydrogen) atoms. The third-order valence-electron chi connectivity index (χ3n) is 6.68. The second kappa shape index (κ2) is 9.46. The van der Waals surface area contributed by atoms with E-state index in [-0.39, 0.29) is 17.3 Å². The Morgan fingerprint density at radius 3 is 2.88 bits per heavy atom. The molecule has 0 saturated carbocycles. The predicted octanol–water partition coefficient (Wildman–Crippen LogP) is 3.32. The topological polar surface area (TPSA) is 103 Å². The van der Waals surface area contributed by atoms with Crippen molar-refractivity contribution in [3.63, 3.8) is 0 Å². The van der Waals surface area contributed by atoms with Gasteiger partial charge < -0.3 is 18.9 Å². The van der Waals surface area contributed by atoms with E-state index in [1.807, 2.05) is 0 Å². The number of carbonyl (C=O) groups is 1. The molecule has 0 radical (unpaired) electrons. The molecular formula is C24H26FN5O4. The third kappa shape index (κ3) is 4.63. The Bertz CT molecular complexity index is 1150. The van der Waals surface area contributed by atoms with Crippen LogP contribution in [0.3, 0.4) is 0 Å². The molecule has 2 saturated heterocycles. The predicted molar refractivity (Wildman–Crippen MR) is 119 cm³/mol. The van der Waals surface area contributed by atoms with Crippen molar-refractivity contribution >= 4 is 5.91 Å². The Balaban J connectivity index is 1.19. The first-order valence-corrected chi connectivity index (χ1v) is 11.4. The molecule has 2 aliphatic rings. The van der Waals surface area contributed by atoms with Gasteiger partial charge in [0.15, 0.2) is 11.6 Å². The first-order valence-electron chi connectivity index (χ1n) is 11.4. The van der Waals surface area contributed by atoms with E-state index in [1.54, 1.807) is 29.6 Å². The van der Waals surface area contributed by atoms with Gasteiger partial charge in [-0.25, -0.2) is 9.37 Å². The van der Waals surface area contributed by atoms with Gasteiger partial charge in [0, 0.05) is 44.1 Å². The summed E-state index contributed by atoms with van der Waals surface area (Å²) < 4.78 is 30.7. The van der Waals surface area contributed by atoms with Crippen molar-refractivity contribution in [1.82, 2.24) is 25.0 Å². The highest BCUT2D eigenvalue weighted by atomic mass is 19.1. The number of hydrogen-bond donors (Lipinski definition) is 0. The Hall–Kier alpha value is -3.40. The fourth-order valence-electron chi connectivity index (χ4n) is 4.85. The van der Waals surface area contributed by atoms with Crippen molar-refractivity contribution in [2.45, 2.75) is 37.7 Å². The smallest absolute Gasteiger partial charge is 0.253 e. The number of benzene rings is 1. The second-order valence-corrected chi connectivity index (χ2v) is 8.84. The van der Waals surface area contributed by atoms with Crippen molar-refractivity contribution in [1.29, 1.82) is 0 Å². The molecule has 1 unspecified atom stereocenters. The SMILES string of the molecule is COc1ccc(C(=O)N2CCC3(CC2)CC(Cc2nc(-c4cnccn4)no2)CCO3)cc1F. The summed E-state index contributed by atoms with van der Waals surface area (Å²) in [5.74, 6) is 0.779. The minimum Gasteiger partial charge on any atom is -0.494 e. The van der Waals surface area contributed by atoms with Crippen LogP contribution >= 0.6 is 0 Å². The molecule has 2 aliphatic heterocycles. The monoisotopic (exact) mass is 467 g/mol. The molecule has 1 spiro atoms. The van der Waals surface area contributed by atoms with Crippen molar-refractivity contribution < 1.29 is 23.2 Å². The molecule has 0 N–H and O–H groups in total. The van der Waals surface area contributed by atoms with Crippen LogP contribution in [0.2, 0.25) is 0 Å². The highest BCUT2D eigenvalue weighted by molar-refractivity contribution is 5.94. The van der Waals surface area contributed by atoms with Gasteiger partial charge in [0.25, 0.3) is 5.91 Å². The maximum absolute atomic E-state index is 14.0. The van der Waals surface area contributed by atoms with Crippen LogP contribution in [0.25, 0.3) is 11.5 Å². The zero-order chi connectivity index (χ0) is 23.5. The molecule has 2 fully saturated rings. The van der Waals surface area contributed by atoms with Crippen molar-refractivity contribution in [3.05, 3.63) is 54.1 Å². The average molecular weight is 468 g/mol. The molecule has 1 atom stereocenters. The van der Waals surface area contributed by atoms with Crippen molar-refractivity contribution in [2.75, 3.05) is 26.8 Å². The van der Waals surface area contributed by atoms with E-state index in [9.17, 15) is 9.18 Å². The largest absolute Gasteiger partial charge is 0.494 e. The van der Waals surface area contributed by atoms with Crippen LogP contribution in [0.5, 0.6) is 5.75 Å². The summed E-state index contributed by atoms with van der Waals surface area (Å²) in [6.07, 6.45) is 8.73. The summed E-state index contributed by atoms with van der Waals surface area (Å²) in [6, 6.07) is 4.32. The Morgan fingerprint density at radius 2 is 2.15 bits per heavy atom. The Labute approximate surface area is 196 Å². The lowest BCUT2D eigenvalue weighted by Crippen LogP contribution is -2.51. The summed E-state index contributed by atoms with van der Waals surface area (Å²) in [6.45, 7) is 1.79. The molecular weight excluding hydrogens is 441 g/mol. The first-order chi connectivity index (χ1) is 16.5. The van der Waals surface area contributed by atoms with Gasteiger partial charge in [-0.2, -0.15) is 4.98 Å². The lowest BCUT2D eigenvalue weighted by Gasteiger charge is -2.46. The summed E-state index contributed by atoms with van der Waals surface area (Å²) in [5.41, 5.74) is 0.639. The number of likely N-dealkylation sites (tertiary alicyclic amines) is 1. The van der Waals surface area contributed by atoms with Gasteiger partial charge in [0.2, 0.25) is 11.7 Å². The van der Waals surface area contributed by atoms with E-state index in [1.165, 1.54) is 19.2 Å². The van der Waals surface area contributed by atoms with Crippen LogP contribution in [0.4, 0.5) is 4.39 Å². The molecule has 9 nitrogen and oxygen atoms in total. The number of rotatable bonds is 5. The van der Waals surface area contributed by atoms with E-state index >= 15 is 0 Å². The minimum atomic E-state index is -0.538. The number of nitrogens with zero attached hydrogens (tertiary/aromatic N) is 5. The molecule has 1 amide bonds. The fraction of sp³-hybridized carbons (Fsp3) is 0.458. The average Bonchev–Trinajstić information content (AvgIpc) is 3.33. The fourth-order valence-corrected chi connectivity index (χ4v) is 4.85. The van der Waals surface area contributed by atoms with Gasteiger partial charge >= 0.3 is 0 Å². The molecule has 4 heterocycles. The van der Waals surface area contributed by atoms with Crippen LogP contribution in [-0.4, -0.2) is 63.3 Å². The zero-order valence-electron chi connectivity index (χ0n) is 18.9. The lowest BCUT2D eigenvalue weighted by atomic mass is 9.78. The summed E-state index contributed by atoms with van der Waals surface area (Å²) in [4.78, 5) is 27.4. The number of methoxy groups -OCH3 is 1. The molecule has 3 aromatic rings. The lowest BCUT2D eigenvalue weighted by molar-refractivity contribution is -0.124. The summed E-state index contributed by atoms with van der Waals surface area (Å²) in [7, 11) is 1.40. The van der Waals surface area contributed by atoms with Gasteiger partial charge in [0.1, 0.15) is 5.69 Å². The molecule has 0 aliphatic carbocycles. The van der Waals surface area contributed by atoms with E-state index in [2.05, 4.69) is 20.1 Å². The number of carbonyl (C=O) groups excluding carboxylic acids is 1. The molecule has 10 heteroatoms. The zero-order valence-corrected chi connectivity index (χ0v) is 18.9. The Morgan fingerprint density at radius 1 is 1.29 bits per heavy atom. The third-order valence-corrected chi connectivity index (χ3v) is 6.68. The maximum atomic E-state index is 14.0. The summed E-state index contributed by atoms with van der Waals surface area (Å²) in [5, 5.41) is 4.03. The molecule has 178 valence electrons. The molecule has 0 bridgehead atoms. The Kier molecular flexibility index (Phi) is 6.23. The highest BCUT2D eigenvalue weighted by Crippen LogP contribution is 2.39. The van der Waals surface area contributed by atoms with Crippen molar-refractivity contribution in [3.8, 4) is 17.3 Å². The second-order valence-electron chi connectivity index (χ2n) is 8.84. The van der Waals surface area contributed by atoms with Gasteiger partial charge in [-0.15, -0.1) is 0 Å². The normalized spacial score (nSPS) is 19.8. The van der Waals surface area contributed by atoms with Crippen molar-refractivity contribution in [2.24, 2.45) is 5.92 Å². The number of halogens is 1. The highest BCUT2D eigenvalue weighted by Gasteiger charge is 2.41. The minimum absolute atomic E-state index is 0.126. The van der Waals surface area contributed by atoms with Gasteiger partial charge in [-0.3, -0.25) is 9.78 Å². The van der Waals surface area contributed by atoms with Gasteiger partial charge in [-0.05, 0) is 49.8 Å². The summed E-state index contributed by atoms with van der Waals surface area (Å²) >= 11 is 0. The quantitative estimate of drug-likeness (QED) is 0.563. The molecule has 2 aromatic heterocycles. The molecule has 1 aromatic carbocycles. The van der Waals surface area contributed by atoms with Crippen LogP contribution in [-0.2, 0) is 11.2 Å². The van der Waals surface area contributed by atoms with Gasteiger partial charge in [0.05, 0.1) is 18.9 Å². The number of ether oxygens (including phenoxy) is 2. The number of hydrogen-bond acceptors (Lipinski definition) is 8. The van der Waals surface area contributed by atoms with E-state index in [0.717, 1.165) is 25.7 Å². The van der Waals surface area contributed by atoms with Gasteiger partial charge in [-0.1, -0.05) is 5.16 Å². The van der Waals surface area contributed by atoms with E-state index < -0.39 is 5.82 Å². The number of piperidine rings is 1. The number of aromatic nitrogens is 4. The molecule has 5 rings (SSSR count). The van der Waals surface area contributed by atoms with E-state index in [4.69, 9.17) is 14.0 Å². The van der Waals surface area contributed by atoms with Crippen LogP contribution in [0, 0.1) is 11.7 Å². The van der Waals surface area contributed by atoms with Crippen LogP contribution < -0.4 is 4.74 Å². The van der Waals surface area contributed by atoms with Crippen LogP contribution in [0.15, 0.2) is 41.3 Å². The first kappa shape index (κ1) is 22.4. The van der Waals surface area contributed by atoms with E-state index in [0.29, 0.717) is 55.0 Å². The standard InChI is InChI=1S/C24H26FN5O4/c1-32-20-3-2-17(13-18(20)25)23(31)30-9-5-24(6-10-30)14-16(4-11-33-24)12-21-28-22(29-34-21)19-15-26-7-8-27-19/h2-3,7-8,13,15-16H,4-6,9-12,14H2,1H3. The number of amides is 1. The van der Waals surface area contributed by atoms with Crippen LogP contribution in [0.1, 0.15) is 41.9 Å².